The Morgan fingerprint density at radius 1 is 1.32 bits per heavy atom. The SMILES string of the molecule is CNCC1CCCC1Cc1cc(Br)cc2c1OCC2. The number of halogens is 1. The van der Waals surface area contributed by atoms with Gasteiger partial charge in [-0.1, -0.05) is 22.4 Å². The maximum Gasteiger partial charge on any atom is 0.125 e. The second-order valence-corrected chi connectivity index (χ2v) is 6.78. The summed E-state index contributed by atoms with van der Waals surface area (Å²) < 4.78 is 7.06. The number of hydrogen-bond acceptors (Lipinski definition) is 2. The lowest BCUT2D eigenvalue weighted by atomic mass is 9.88. The third-order valence-electron chi connectivity index (χ3n) is 4.59. The second kappa shape index (κ2) is 5.84. The molecular weight excluding hydrogens is 302 g/mol. The summed E-state index contributed by atoms with van der Waals surface area (Å²) in [5, 5.41) is 3.35. The maximum atomic E-state index is 5.85. The molecule has 19 heavy (non-hydrogen) atoms. The van der Waals surface area contributed by atoms with Crippen LogP contribution in [0.5, 0.6) is 5.75 Å². The Bertz CT molecular complexity index is 460. The van der Waals surface area contributed by atoms with Gasteiger partial charge in [-0.15, -0.1) is 0 Å². The highest BCUT2D eigenvalue weighted by molar-refractivity contribution is 9.10. The molecule has 2 unspecified atom stereocenters. The summed E-state index contributed by atoms with van der Waals surface area (Å²) in [6.45, 7) is 2.01. The summed E-state index contributed by atoms with van der Waals surface area (Å²) in [6.07, 6.45) is 6.37. The van der Waals surface area contributed by atoms with Gasteiger partial charge in [0.1, 0.15) is 5.75 Å². The molecule has 0 radical (unpaired) electrons. The van der Waals surface area contributed by atoms with Gasteiger partial charge in [0.25, 0.3) is 0 Å². The first-order chi connectivity index (χ1) is 9.28. The second-order valence-electron chi connectivity index (χ2n) is 5.86. The fourth-order valence-electron chi connectivity index (χ4n) is 3.69. The van der Waals surface area contributed by atoms with Crippen LogP contribution in [0.2, 0.25) is 0 Å². The van der Waals surface area contributed by atoms with Crippen molar-refractivity contribution in [1.29, 1.82) is 0 Å². The van der Waals surface area contributed by atoms with E-state index < -0.39 is 0 Å². The molecule has 1 aliphatic carbocycles. The Morgan fingerprint density at radius 2 is 2.16 bits per heavy atom. The molecular formula is C16H22BrNO. The van der Waals surface area contributed by atoms with Crippen molar-refractivity contribution in [1.82, 2.24) is 5.32 Å². The summed E-state index contributed by atoms with van der Waals surface area (Å²) in [5.41, 5.74) is 2.79. The van der Waals surface area contributed by atoms with Crippen LogP contribution in [-0.2, 0) is 12.8 Å². The molecule has 3 heteroatoms. The molecule has 3 rings (SSSR count). The minimum Gasteiger partial charge on any atom is -0.493 e. The summed E-state index contributed by atoms with van der Waals surface area (Å²) in [4.78, 5) is 0. The predicted octanol–water partition coefficient (Wildman–Crippen LogP) is 3.56. The van der Waals surface area contributed by atoms with E-state index in [2.05, 4.69) is 40.4 Å². The van der Waals surface area contributed by atoms with Crippen LogP contribution in [0.1, 0.15) is 30.4 Å². The molecule has 1 aromatic carbocycles. The van der Waals surface area contributed by atoms with Gasteiger partial charge in [-0.2, -0.15) is 0 Å². The Kier molecular flexibility index (Phi) is 4.13. The molecule has 0 spiro atoms. The van der Waals surface area contributed by atoms with E-state index in [9.17, 15) is 0 Å². The Morgan fingerprint density at radius 3 is 3.00 bits per heavy atom. The van der Waals surface area contributed by atoms with E-state index in [1.807, 2.05) is 0 Å². The molecule has 2 aliphatic rings. The van der Waals surface area contributed by atoms with Crippen molar-refractivity contribution >= 4 is 15.9 Å². The van der Waals surface area contributed by atoms with Crippen molar-refractivity contribution in [2.24, 2.45) is 11.8 Å². The maximum absolute atomic E-state index is 5.85. The van der Waals surface area contributed by atoms with Crippen LogP contribution in [-0.4, -0.2) is 20.2 Å². The van der Waals surface area contributed by atoms with E-state index >= 15 is 0 Å². The van der Waals surface area contributed by atoms with E-state index in [0.717, 1.165) is 31.4 Å². The van der Waals surface area contributed by atoms with Crippen molar-refractivity contribution in [3.63, 3.8) is 0 Å². The van der Waals surface area contributed by atoms with Crippen molar-refractivity contribution in [3.05, 3.63) is 27.7 Å². The van der Waals surface area contributed by atoms with Crippen molar-refractivity contribution < 1.29 is 4.74 Å². The first kappa shape index (κ1) is 13.4. The van der Waals surface area contributed by atoms with Gasteiger partial charge in [-0.25, -0.2) is 0 Å². The molecule has 1 aliphatic heterocycles. The molecule has 0 amide bonds. The van der Waals surface area contributed by atoms with Gasteiger partial charge in [-0.3, -0.25) is 0 Å². The van der Waals surface area contributed by atoms with Crippen molar-refractivity contribution in [2.45, 2.75) is 32.1 Å². The fraction of sp³-hybridized carbons (Fsp3) is 0.625. The number of nitrogens with one attached hydrogen (secondary N) is 1. The van der Waals surface area contributed by atoms with E-state index in [4.69, 9.17) is 4.74 Å². The summed E-state index contributed by atoms with van der Waals surface area (Å²) in [6, 6.07) is 4.48. The van der Waals surface area contributed by atoms with Gasteiger partial charge in [0.15, 0.2) is 0 Å². The van der Waals surface area contributed by atoms with E-state index in [0.29, 0.717) is 0 Å². The van der Waals surface area contributed by atoms with E-state index in [-0.39, 0.29) is 0 Å². The Hall–Kier alpha value is -0.540. The highest BCUT2D eigenvalue weighted by Gasteiger charge is 2.28. The highest BCUT2D eigenvalue weighted by Crippen LogP contribution is 2.39. The lowest BCUT2D eigenvalue weighted by molar-refractivity contribution is 0.340. The number of hydrogen-bond donors (Lipinski definition) is 1. The molecule has 2 nitrogen and oxygen atoms in total. The third-order valence-corrected chi connectivity index (χ3v) is 5.05. The third kappa shape index (κ3) is 2.82. The average Bonchev–Trinajstić information content (AvgIpc) is 2.99. The number of fused-ring (bicyclic) bond motifs is 1. The Labute approximate surface area is 124 Å². The molecule has 1 fully saturated rings. The molecule has 0 bridgehead atoms. The van der Waals surface area contributed by atoms with Gasteiger partial charge >= 0.3 is 0 Å². The van der Waals surface area contributed by atoms with Crippen LogP contribution in [0, 0.1) is 11.8 Å². The zero-order chi connectivity index (χ0) is 13.2. The monoisotopic (exact) mass is 323 g/mol. The predicted molar refractivity (Wildman–Crippen MR) is 81.8 cm³/mol. The van der Waals surface area contributed by atoms with Crippen molar-refractivity contribution in [3.8, 4) is 5.75 Å². The van der Waals surface area contributed by atoms with Gasteiger partial charge in [0.2, 0.25) is 0 Å². The van der Waals surface area contributed by atoms with Crippen molar-refractivity contribution in [2.75, 3.05) is 20.2 Å². The van der Waals surface area contributed by atoms with Crippen LogP contribution >= 0.6 is 15.9 Å². The van der Waals surface area contributed by atoms with Crippen LogP contribution in [0.25, 0.3) is 0 Å². The average molecular weight is 324 g/mol. The Balaban J connectivity index is 1.79. The summed E-state index contributed by atoms with van der Waals surface area (Å²) in [5.74, 6) is 2.83. The van der Waals surface area contributed by atoms with Crippen LogP contribution in [0.15, 0.2) is 16.6 Å². The smallest absolute Gasteiger partial charge is 0.125 e. The standard InChI is InChI=1S/C16H22BrNO/c1-18-10-13-4-2-3-11(13)7-14-9-15(17)8-12-5-6-19-16(12)14/h8-9,11,13,18H,2-7,10H2,1H3. The van der Waals surface area contributed by atoms with Gasteiger partial charge in [0, 0.05) is 10.9 Å². The summed E-state index contributed by atoms with van der Waals surface area (Å²) >= 11 is 3.64. The molecule has 1 saturated carbocycles. The molecule has 0 aromatic heterocycles. The zero-order valence-corrected chi connectivity index (χ0v) is 13.1. The quantitative estimate of drug-likeness (QED) is 0.914. The van der Waals surface area contributed by atoms with E-state index in [1.54, 1.807) is 0 Å². The molecule has 104 valence electrons. The normalized spacial score (nSPS) is 25.4. The number of benzene rings is 1. The molecule has 1 heterocycles. The molecule has 1 aromatic rings. The number of rotatable bonds is 4. The first-order valence-corrected chi connectivity index (χ1v) is 8.16. The lowest BCUT2D eigenvalue weighted by Gasteiger charge is -2.20. The van der Waals surface area contributed by atoms with Gasteiger partial charge < -0.3 is 10.1 Å². The molecule has 0 saturated heterocycles. The van der Waals surface area contributed by atoms with Crippen LogP contribution < -0.4 is 10.1 Å². The van der Waals surface area contributed by atoms with Crippen LogP contribution in [0.4, 0.5) is 0 Å². The minimum absolute atomic E-state index is 0.815. The first-order valence-electron chi connectivity index (χ1n) is 7.36. The van der Waals surface area contributed by atoms with Crippen LogP contribution in [0.3, 0.4) is 0 Å². The molecule has 1 N–H and O–H groups in total. The largest absolute Gasteiger partial charge is 0.493 e. The highest BCUT2D eigenvalue weighted by atomic mass is 79.9. The van der Waals surface area contributed by atoms with E-state index in [1.165, 1.54) is 47.0 Å². The topological polar surface area (TPSA) is 21.3 Å². The summed E-state index contributed by atoms with van der Waals surface area (Å²) in [7, 11) is 2.06. The minimum atomic E-state index is 0.815. The zero-order valence-electron chi connectivity index (χ0n) is 11.5. The van der Waals surface area contributed by atoms with Gasteiger partial charge in [-0.05, 0) is 68.0 Å². The lowest BCUT2D eigenvalue weighted by Crippen LogP contribution is -2.23. The number of ether oxygens (including phenoxy) is 1. The fourth-order valence-corrected chi connectivity index (χ4v) is 4.25. The molecule has 2 atom stereocenters. The van der Waals surface area contributed by atoms with Gasteiger partial charge in [0.05, 0.1) is 6.61 Å².